The van der Waals surface area contributed by atoms with Crippen LogP contribution in [0.2, 0.25) is 0 Å². The van der Waals surface area contributed by atoms with Crippen LogP contribution in [0.3, 0.4) is 0 Å². The number of benzene rings is 1. The Morgan fingerprint density at radius 2 is 2.17 bits per heavy atom. The molecule has 10 heteroatoms. The number of amides is 2. The molecule has 35 heavy (non-hydrogen) atoms. The number of nitrogens with zero attached hydrogens (tertiary/aromatic N) is 4. The number of nitrogens with two attached hydrogens (primary N) is 1. The Labute approximate surface area is 207 Å². The van der Waals surface area contributed by atoms with Gasteiger partial charge in [0, 0.05) is 23.7 Å². The zero-order valence-electron chi connectivity index (χ0n) is 19.2. The Morgan fingerprint density at radius 1 is 1.26 bits per heavy atom. The van der Waals surface area contributed by atoms with Crippen LogP contribution in [0.25, 0.3) is 16.6 Å². The van der Waals surface area contributed by atoms with Gasteiger partial charge in [0.1, 0.15) is 6.10 Å². The van der Waals surface area contributed by atoms with Crippen LogP contribution >= 0.6 is 11.9 Å². The van der Waals surface area contributed by atoms with Crippen LogP contribution in [-0.4, -0.2) is 45.8 Å². The van der Waals surface area contributed by atoms with E-state index >= 15 is 0 Å². The molecule has 180 valence electrons. The molecule has 1 aromatic carbocycles. The van der Waals surface area contributed by atoms with Crippen molar-refractivity contribution in [1.29, 1.82) is 0 Å². The third-order valence-electron chi connectivity index (χ3n) is 6.71. The number of aliphatic imine (C=N–C) groups is 1. The molecule has 2 amide bonds. The Kier molecular flexibility index (Phi) is 5.91. The molecule has 0 bridgehead atoms. The van der Waals surface area contributed by atoms with E-state index < -0.39 is 0 Å². The number of hydrogen-bond acceptors (Lipinski definition) is 7. The molecule has 3 aromatic rings. The van der Waals surface area contributed by atoms with E-state index in [1.807, 2.05) is 24.4 Å². The molecule has 1 atom stereocenters. The Hall–Kier alpha value is -3.37. The van der Waals surface area contributed by atoms with E-state index in [1.165, 1.54) is 24.0 Å². The predicted octanol–water partition coefficient (Wildman–Crippen LogP) is 3.70. The van der Waals surface area contributed by atoms with Gasteiger partial charge in [-0.3, -0.25) is 9.71 Å². The first kappa shape index (κ1) is 22.1. The fourth-order valence-electron chi connectivity index (χ4n) is 4.90. The van der Waals surface area contributed by atoms with Crippen molar-refractivity contribution in [2.45, 2.75) is 38.2 Å². The summed E-state index contributed by atoms with van der Waals surface area (Å²) in [5, 5.41) is 11.6. The number of rotatable bonds is 6. The van der Waals surface area contributed by atoms with Crippen molar-refractivity contribution in [2.24, 2.45) is 16.6 Å². The second-order valence-corrected chi connectivity index (χ2v) is 10.0. The number of pyridine rings is 1. The van der Waals surface area contributed by atoms with Gasteiger partial charge < -0.3 is 15.8 Å². The zero-order chi connectivity index (χ0) is 23.8. The SMILES string of the molecule is NC(=CC1=NCCOC1C1CC1)SNC(=O)Nc1c(-c2ccn3nncc3c2)ccc2c1CCC2. The van der Waals surface area contributed by atoms with Gasteiger partial charge in [-0.15, -0.1) is 5.10 Å². The molecule has 9 nitrogen and oxygen atoms in total. The van der Waals surface area contributed by atoms with Crippen molar-refractivity contribution >= 4 is 34.9 Å². The van der Waals surface area contributed by atoms with Crippen molar-refractivity contribution in [2.75, 3.05) is 18.5 Å². The summed E-state index contributed by atoms with van der Waals surface area (Å²) in [4.78, 5) is 17.5. The summed E-state index contributed by atoms with van der Waals surface area (Å²) in [5.41, 5.74) is 13.3. The number of ether oxygens (including phenoxy) is 1. The molecule has 2 aliphatic carbocycles. The molecule has 3 aliphatic rings. The number of carbonyl (C=O) groups is 1. The summed E-state index contributed by atoms with van der Waals surface area (Å²) in [6, 6.07) is 7.94. The second-order valence-electron chi connectivity index (χ2n) is 9.14. The first-order valence-corrected chi connectivity index (χ1v) is 12.8. The number of carbonyl (C=O) groups excluding carboxylic acids is 1. The van der Waals surface area contributed by atoms with Crippen molar-refractivity contribution < 1.29 is 9.53 Å². The molecule has 1 saturated carbocycles. The van der Waals surface area contributed by atoms with Crippen molar-refractivity contribution in [3.05, 3.63) is 58.9 Å². The minimum atomic E-state index is -0.319. The fourth-order valence-corrected chi connectivity index (χ4v) is 5.34. The maximum absolute atomic E-state index is 12.9. The monoisotopic (exact) mass is 489 g/mol. The van der Waals surface area contributed by atoms with E-state index in [1.54, 1.807) is 10.7 Å². The molecule has 4 N–H and O–H groups in total. The van der Waals surface area contributed by atoms with Gasteiger partial charge in [-0.25, -0.2) is 9.31 Å². The first-order valence-electron chi connectivity index (χ1n) is 12.0. The molecule has 1 fully saturated rings. The summed E-state index contributed by atoms with van der Waals surface area (Å²) < 4.78 is 10.4. The molecular formula is C25H27N7O2S. The van der Waals surface area contributed by atoms with Gasteiger partial charge in [-0.05, 0) is 72.9 Å². The van der Waals surface area contributed by atoms with Gasteiger partial charge in [0.2, 0.25) is 0 Å². The van der Waals surface area contributed by atoms with Crippen LogP contribution in [0.5, 0.6) is 0 Å². The molecular weight excluding hydrogens is 462 g/mol. The molecule has 2 aromatic heterocycles. The summed E-state index contributed by atoms with van der Waals surface area (Å²) in [5.74, 6) is 0.538. The minimum Gasteiger partial charge on any atom is -0.392 e. The Morgan fingerprint density at radius 3 is 3.06 bits per heavy atom. The smallest absolute Gasteiger partial charge is 0.329 e. The zero-order valence-corrected chi connectivity index (χ0v) is 20.1. The topological polar surface area (TPSA) is 119 Å². The van der Waals surface area contributed by atoms with Crippen molar-refractivity contribution in [3.63, 3.8) is 0 Å². The van der Waals surface area contributed by atoms with Crippen molar-refractivity contribution in [3.8, 4) is 11.1 Å². The largest absolute Gasteiger partial charge is 0.392 e. The number of nitrogens with one attached hydrogen (secondary N) is 2. The quantitative estimate of drug-likeness (QED) is 0.454. The lowest BCUT2D eigenvalue weighted by Crippen LogP contribution is -2.31. The summed E-state index contributed by atoms with van der Waals surface area (Å²) in [7, 11) is 0. The standard InChI is InChI=1S/C25H27N7O2S/c26-22(13-21-24(16-4-5-16)34-11-9-27-21)35-30-25(33)29-23-19-3-1-2-15(19)6-7-20(23)17-8-10-32-18(12-17)14-28-31-32/h6-8,10,12-14,16,24H,1-5,9,11,26H2,(H2,29,30,33). The lowest BCUT2D eigenvalue weighted by Gasteiger charge is -2.22. The van der Waals surface area contributed by atoms with Crippen LogP contribution in [0, 0.1) is 5.92 Å². The van der Waals surface area contributed by atoms with Crippen LogP contribution in [0.15, 0.2) is 52.8 Å². The molecule has 0 spiro atoms. The summed E-state index contributed by atoms with van der Waals surface area (Å²) in [6.07, 6.45) is 10.8. The predicted molar refractivity (Wildman–Crippen MR) is 137 cm³/mol. The Bertz CT molecular complexity index is 1340. The normalized spacial score (nSPS) is 19.9. The maximum Gasteiger partial charge on any atom is 0.329 e. The molecule has 1 unspecified atom stereocenters. The molecule has 3 heterocycles. The van der Waals surface area contributed by atoms with Gasteiger partial charge in [0.25, 0.3) is 0 Å². The average molecular weight is 490 g/mol. The molecule has 0 saturated heterocycles. The van der Waals surface area contributed by atoms with Crippen LogP contribution < -0.4 is 15.8 Å². The number of hydrogen-bond donors (Lipinski definition) is 3. The molecule has 0 radical (unpaired) electrons. The van der Waals surface area contributed by atoms with Gasteiger partial charge >= 0.3 is 6.03 Å². The van der Waals surface area contributed by atoms with E-state index in [0.29, 0.717) is 24.1 Å². The van der Waals surface area contributed by atoms with E-state index in [9.17, 15) is 4.79 Å². The lowest BCUT2D eigenvalue weighted by molar-refractivity contribution is 0.0817. The second kappa shape index (κ2) is 9.35. The van der Waals surface area contributed by atoms with E-state index in [2.05, 4.69) is 37.5 Å². The third kappa shape index (κ3) is 4.63. The maximum atomic E-state index is 12.9. The highest BCUT2D eigenvalue weighted by Gasteiger charge is 2.36. The minimum absolute atomic E-state index is 0.0227. The van der Waals surface area contributed by atoms with Crippen molar-refractivity contribution in [1.82, 2.24) is 19.5 Å². The third-order valence-corrected chi connectivity index (χ3v) is 7.35. The van der Waals surface area contributed by atoms with E-state index in [0.717, 1.165) is 59.3 Å². The highest BCUT2D eigenvalue weighted by Crippen LogP contribution is 2.38. The van der Waals surface area contributed by atoms with Crippen LogP contribution in [-0.2, 0) is 17.6 Å². The Balaban J connectivity index is 1.19. The highest BCUT2D eigenvalue weighted by molar-refractivity contribution is 8.01. The summed E-state index contributed by atoms with van der Waals surface area (Å²) >= 11 is 1.09. The number of urea groups is 1. The molecule has 1 aliphatic heterocycles. The summed E-state index contributed by atoms with van der Waals surface area (Å²) in [6.45, 7) is 1.30. The number of aromatic nitrogens is 3. The number of aryl methyl sites for hydroxylation is 1. The highest BCUT2D eigenvalue weighted by atomic mass is 32.2. The van der Waals surface area contributed by atoms with Crippen LogP contribution in [0.4, 0.5) is 10.5 Å². The number of anilines is 1. The van der Waals surface area contributed by atoms with Gasteiger partial charge in [0.05, 0.1) is 41.3 Å². The first-order chi connectivity index (χ1) is 17.2. The van der Waals surface area contributed by atoms with Gasteiger partial charge in [0.15, 0.2) is 0 Å². The van der Waals surface area contributed by atoms with Crippen LogP contribution in [0.1, 0.15) is 30.4 Å². The number of fused-ring (bicyclic) bond motifs is 2. The molecule has 6 rings (SSSR count). The fraction of sp³-hybridized carbons (Fsp3) is 0.360. The average Bonchev–Trinajstić information content (AvgIpc) is 3.40. The lowest BCUT2D eigenvalue weighted by atomic mass is 9.97. The van der Waals surface area contributed by atoms with E-state index in [-0.39, 0.29) is 12.1 Å². The van der Waals surface area contributed by atoms with E-state index in [4.69, 9.17) is 10.5 Å². The van der Waals surface area contributed by atoms with Gasteiger partial charge in [-0.2, -0.15) is 0 Å². The van der Waals surface area contributed by atoms with Gasteiger partial charge in [-0.1, -0.05) is 17.3 Å².